The SMILES string of the molecule is O=C(CN(CCN1CCOCC1)C(=O)c1cccc([N+](=O)[O-])c1)N(CCc1ccccc1)Cc1ccco1. The summed E-state index contributed by atoms with van der Waals surface area (Å²) >= 11 is 0. The van der Waals surface area contributed by atoms with Crippen LogP contribution in [0.15, 0.2) is 77.4 Å². The molecule has 38 heavy (non-hydrogen) atoms. The standard InChI is InChI=1S/C28H32N4O6/c33-27(30(21-26-10-5-17-38-26)12-11-23-6-2-1-3-7-23)22-31(14-13-29-15-18-37-19-16-29)28(34)24-8-4-9-25(20-24)32(35)36/h1-10,17,20H,11-16,18-19,21-22H2. The van der Waals surface area contributed by atoms with Crippen molar-refractivity contribution in [2.75, 3.05) is 52.5 Å². The van der Waals surface area contributed by atoms with E-state index in [1.165, 1.54) is 29.2 Å². The number of rotatable bonds is 12. The number of nitrogens with zero attached hydrogens (tertiary/aromatic N) is 4. The van der Waals surface area contributed by atoms with Gasteiger partial charge in [0.15, 0.2) is 0 Å². The van der Waals surface area contributed by atoms with Crippen LogP contribution in [0.25, 0.3) is 0 Å². The van der Waals surface area contributed by atoms with Crippen molar-refractivity contribution >= 4 is 17.5 Å². The monoisotopic (exact) mass is 520 g/mol. The number of hydrogen-bond acceptors (Lipinski definition) is 7. The van der Waals surface area contributed by atoms with Gasteiger partial charge in [-0.3, -0.25) is 24.6 Å². The third-order valence-corrected chi connectivity index (χ3v) is 6.50. The molecule has 3 aromatic rings. The lowest BCUT2D eigenvalue weighted by Gasteiger charge is -2.31. The van der Waals surface area contributed by atoms with Crippen molar-refractivity contribution in [2.24, 2.45) is 0 Å². The molecule has 2 amide bonds. The number of amides is 2. The predicted molar refractivity (Wildman–Crippen MR) is 141 cm³/mol. The van der Waals surface area contributed by atoms with Gasteiger partial charge in [0.2, 0.25) is 5.91 Å². The highest BCUT2D eigenvalue weighted by atomic mass is 16.6. The summed E-state index contributed by atoms with van der Waals surface area (Å²) in [5.41, 5.74) is 1.11. The van der Waals surface area contributed by atoms with E-state index in [4.69, 9.17) is 9.15 Å². The van der Waals surface area contributed by atoms with E-state index in [2.05, 4.69) is 4.90 Å². The second-order valence-corrected chi connectivity index (χ2v) is 9.12. The fourth-order valence-electron chi connectivity index (χ4n) is 4.33. The molecule has 0 aliphatic carbocycles. The first-order valence-corrected chi connectivity index (χ1v) is 12.7. The highest BCUT2D eigenvalue weighted by molar-refractivity contribution is 5.97. The number of carbonyl (C=O) groups excluding carboxylic acids is 2. The first kappa shape index (κ1) is 27.0. The zero-order valence-electron chi connectivity index (χ0n) is 21.2. The third kappa shape index (κ3) is 7.74. The number of hydrogen-bond donors (Lipinski definition) is 0. The summed E-state index contributed by atoms with van der Waals surface area (Å²) in [4.78, 5) is 43.2. The van der Waals surface area contributed by atoms with Crippen molar-refractivity contribution in [2.45, 2.75) is 13.0 Å². The third-order valence-electron chi connectivity index (χ3n) is 6.50. The summed E-state index contributed by atoms with van der Waals surface area (Å²) < 4.78 is 10.9. The Hall–Kier alpha value is -4.02. The van der Waals surface area contributed by atoms with Crippen LogP contribution in [0.4, 0.5) is 5.69 Å². The number of benzene rings is 2. The number of furan rings is 1. The van der Waals surface area contributed by atoms with Crippen molar-refractivity contribution in [3.63, 3.8) is 0 Å². The quantitative estimate of drug-likeness (QED) is 0.266. The van der Waals surface area contributed by atoms with E-state index < -0.39 is 10.8 Å². The summed E-state index contributed by atoms with van der Waals surface area (Å²) in [6.07, 6.45) is 2.22. The molecule has 0 atom stereocenters. The van der Waals surface area contributed by atoms with Gasteiger partial charge in [-0.25, -0.2) is 0 Å². The number of nitro groups is 1. The molecule has 1 aliphatic heterocycles. The molecule has 1 fully saturated rings. The second kappa shape index (κ2) is 13.5. The Kier molecular flexibility index (Phi) is 9.60. The van der Waals surface area contributed by atoms with E-state index in [-0.39, 0.29) is 30.2 Å². The molecule has 0 N–H and O–H groups in total. The summed E-state index contributed by atoms with van der Waals surface area (Å²) in [5.74, 6) is 0.00527. The molecular weight excluding hydrogens is 488 g/mol. The minimum Gasteiger partial charge on any atom is -0.467 e. The van der Waals surface area contributed by atoms with Gasteiger partial charge in [-0.15, -0.1) is 0 Å². The summed E-state index contributed by atoms with van der Waals surface area (Å²) in [6, 6.07) is 19.1. The van der Waals surface area contributed by atoms with Crippen LogP contribution in [0.2, 0.25) is 0 Å². The van der Waals surface area contributed by atoms with Gasteiger partial charge in [-0.05, 0) is 30.2 Å². The van der Waals surface area contributed by atoms with Crippen LogP contribution in [0.1, 0.15) is 21.7 Å². The van der Waals surface area contributed by atoms with Crippen molar-refractivity contribution in [1.29, 1.82) is 0 Å². The van der Waals surface area contributed by atoms with Gasteiger partial charge in [0.1, 0.15) is 12.3 Å². The Morgan fingerprint density at radius 2 is 1.74 bits per heavy atom. The number of morpholine rings is 1. The summed E-state index contributed by atoms with van der Waals surface area (Å²) in [7, 11) is 0. The Balaban J connectivity index is 1.51. The topological polar surface area (TPSA) is 109 Å². The zero-order chi connectivity index (χ0) is 26.7. The normalized spacial score (nSPS) is 13.7. The lowest BCUT2D eigenvalue weighted by atomic mass is 10.1. The molecule has 200 valence electrons. The molecule has 0 bridgehead atoms. The van der Waals surface area contributed by atoms with Crippen molar-refractivity contribution in [1.82, 2.24) is 14.7 Å². The number of non-ortho nitro benzene ring substituents is 1. The average Bonchev–Trinajstić information content (AvgIpc) is 3.47. The minimum absolute atomic E-state index is 0.151. The van der Waals surface area contributed by atoms with E-state index in [9.17, 15) is 19.7 Å². The molecule has 4 rings (SSSR count). The van der Waals surface area contributed by atoms with Crippen LogP contribution in [-0.4, -0.2) is 83.9 Å². The zero-order valence-corrected chi connectivity index (χ0v) is 21.2. The van der Waals surface area contributed by atoms with Gasteiger partial charge in [0.05, 0.1) is 30.9 Å². The van der Waals surface area contributed by atoms with Crippen LogP contribution in [0, 0.1) is 10.1 Å². The molecule has 0 unspecified atom stereocenters. The molecule has 2 aromatic carbocycles. The maximum absolute atomic E-state index is 13.6. The van der Waals surface area contributed by atoms with Crippen LogP contribution >= 0.6 is 0 Å². The van der Waals surface area contributed by atoms with E-state index in [0.717, 1.165) is 18.7 Å². The number of ether oxygens (including phenoxy) is 1. The predicted octanol–water partition coefficient (Wildman–Crippen LogP) is 3.23. The van der Waals surface area contributed by atoms with E-state index in [1.807, 2.05) is 36.4 Å². The minimum atomic E-state index is -0.533. The van der Waals surface area contributed by atoms with Gasteiger partial charge >= 0.3 is 0 Å². The van der Waals surface area contributed by atoms with Crippen LogP contribution in [-0.2, 0) is 22.5 Å². The Bertz CT molecular complexity index is 1200. The summed E-state index contributed by atoms with van der Waals surface area (Å²) in [6.45, 7) is 4.18. The molecule has 2 heterocycles. The highest BCUT2D eigenvalue weighted by Crippen LogP contribution is 2.16. The van der Waals surface area contributed by atoms with Crippen LogP contribution in [0.5, 0.6) is 0 Å². The molecule has 1 aromatic heterocycles. The van der Waals surface area contributed by atoms with Gasteiger partial charge in [-0.2, -0.15) is 0 Å². The highest BCUT2D eigenvalue weighted by Gasteiger charge is 2.25. The first-order valence-electron chi connectivity index (χ1n) is 12.7. The van der Waals surface area contributed by atoms with Gasteiger partial charge < -0.3 is 19.0 Å². The maximum Gasteiger partial charge on any atom is 0.270 e. The average molecular weight is 521 g/mol. The van der Waals surface area contributed by atoms with Gasteiger partial charge in [0, 0.05) is 50.4 Å². The molecule has 0 radical (unpaired) electrons. The molecule has 0 spiro atoms. The molecule has 10 nitrogen and oxygen atoms in total. The van der Waals surface area contributed by atoms with Gasteiger partial charge in [0.25, 0.3) is 11.6 Å². The molecular formula is C28H32N4O6. The van der Waals surface area contributed by atoms with Crippen LogP contribution in [0.3, 0.4) is 0 Å². The van der Waals surface area contributed by atoms with Crippen LogP contribution < -0.4 is 0 Å². The molecule has 10 heteroatoms. The Morgan fingerprint density at radius 3 is 2.45 bits per heavy atom. The molecule has 0 saturated carbocycles. The lowest BCUT2D eigenvalue weighted by molar-refractivity contribution is -0.384. The number of carbonyl (C=O) groups is 2. The Morgan fingerprint density at radius 1 is 0.947 bits per heavy atom. The van der Waals surface area contributed by atoms with E-state index in [0.29, 0.717) is 45.0 Å². The van der Waals surface area contributed by atoms with Crippen molar-refractivity contribution in [3.8, 4) is 0 Å². The smallest absolute Gasteiger partial charge is 0.270 e. The second-order valence-electron chi connectivity index (χ2n) is 9.12. The van der Waals surface area contributed by atoms with E-state index >= 15 is 0 Å². The molecule has 1 aliphatic rings. The first-order chi connectivity index (χ1) is 18.5. The maximum atomic E-state index is 13.6. The van der Waals surface area contributed by atoms with Gasteiger partial charge in [-0.1, -0.05) is 36.4 Å². The largest absolute Gasteiger partial charge is 0.467 e. The Labute approximate surface area is 221 Å². The fourth-order valence-corrected chi connectivity index (χ4v) is 4.33. The number of nitro benzene ring substituents is 1. The fraction of sp³-hybridized carbons (Fsp3) is 0.357. The molecule has 1 saturated heterocycles. The lowest BCUT2D eigenvalue weighted by Crippen LogP contribution is -2.47. The summed E-state index contributed by atoms with van der Waals surface area (Å²) in [5, 5.41) is 11.3. The van der Waals surface area contributed by atoms with Crippen molar-refractivity contribution < 1.29 is 23.7 Å². The van der Waals surface area contributed by atoms with E-state index in [1.54, 1.807) is 17.2 Å². The van der Waals surface area contributed by atoms with Crippen molar-refractivity contribution in [3.05, 3.63) is 100.0 Å².